The van der Waals surface area contributed by atoms with Gasteiger partial charge in [-0.1, -0.05) is 0 Å². The average Bonchev–Trinajstić information content (AvgIpc) is 2.16. The van der Waals surface area contributed by atoms with Crippen molar-refractivity contribution < 1.29 is 18.7 Å². The van der Waals surface area contributed by atoms with E-state index in [1.165, 1.54) is 0 Å². The summed E-state index contributed by atoms with van der Waals surface area (Å²) in [6, 6.07) is 1.08. The number of alkyl halides is 2. The van der Waals surface area contributed by atoms with E-state index in [1.807, 2.05) is 0 Å². The van der Waals surface area contributed by atoms with Gasteiger partial charge in [-0.25, -0.2) is 18.6 Å². The number of rotatable bonds is 3. The Bertz CT molecular complexity index is 398. The minimum Gasteiger partial charge on any atom is -0.478 e. The molecule has 0 saturated heterocycles. The van der Waals surface area contributed by atoms with Crippen LogP contribution in [0.4, 0.5) is 8.78 Å². The molecule has 3 N–H and O–H groups in total. The lowest BCUT2D eigenvalue weighted by atomic mass is 10.1. The Morgan fingerprint density at radius 2 is 2.27 bits per heavy atom. The molecular formula is C8H7BrF2N2O2. The van der Waals surface area contributed by atoms with E-state index in [2.05, 4.69) is 20.9 Å². The maximum Gasteiger partial charge on any atom is 0.337 e. The van der Waals surface area contributed by atoms with Crippen LogP contribution in [0.1, 0.15) is 28.2 Å². The number of aromatic carboxylic acids is 1. The van der Waals surface area contributed by atoms with Crippen molar-refractivity contribution in [3.63, 3.8) is 0 Å². The third-order valence-electron chi connectivity index (χ3n) is 1.71. The smallest absolute Gasteiger partial charge is 0.337 e. The van der Waals surface area contributed by atoms with E-state index in [0.717, 1.165) is 6.07 Å². The molecule has 0 saturated carbocycles. The van der Waals surface area contributed by atoms with Gasteiger partial charge in [0.1, 0.15) is 5.69 Å². The molecule has 1 rings (SSSR count). The Balaban J connectivity index is 3.38. The molecule has 0 amide bonds. The number of carbonyl (C=O) groups is 1. The number of carboxylic acids is 1. The van der Waals surface area contributed by atoms with E-state index in [1.54, 1.807) is 0 Å². The molecule has 1 aromatic rings. The fourth-order valence-corrected chi connectivity index (χ4v) is 1.50. The molecule has 0 radical (unpaired) electrons. The first kappa shape index (κ1) is 12.0. The zero-order valence-electron chi connectivity index (χ0n) is 7.38. The molecule has 0 aliphatic carbocycles. The second-order valence-electron chi connectivity index (χ2n) is 2.66. The molecule has 1 aromatic heterocycles. The van der Waals surface area contributed by atoms with Crippen LogP contribution in [0.3, 0.4) is 0 Å². The van der Waals surface area contributed by atoms with Crippen LogP contribution in [0.2, 0.25) is 0 Å². The largest absolute Gasteiger partial charge is 0.478 e. The van der Waals surface area contributed by atoms with Crippen LogP contribution in [0.5, 0.6) is 0 Å². The lowest BCUT2D eigenvalue weighted by Gasteiger charge is -2.08. The number of halogens is 3. The fraction of sp³-hybridized carbons (Fsp3) is 0.250. The summed E-state index contributed by atoms with van der Waals surface area (Å²) >= 11 is 3.01. The molecular weight excluding hydrogens is 274 g/mol. The van der Waals surface area contributed by atoms with Crippen LogP contribution in [-0.4, -0.2) is 16.1 Å². The van der Waals surface area contributed by atoms with Crippen LogP contribution in [0.25, 0.3) is 0 Å². The van der Waals surface area contributed by atoms with Crippen LogP contribution >= 0.6 is 15.9 Å². The van der Waals surface area contributed by atoms with E-state index in [9.17, 15) is 13.6 Å². The molecule has 7 heteroatoms. The van der Waals surface area contributed by atoms with Crippen LogP contribution in [0, 0.1) is 0 Å². The number of carboxylic acid groups (broad SMARTS) is 1. The van der Waals surface area contributed by atoms with Crippen molar-refractivity contribution in [1.82, 2.24) is 4.98 Å². The highest BCUT2D eigenvalue weighted by Gasteiger charge is 2.21. The molecule has 0 aromatic carbocycles. The second kappa shape index (κ2) is 4.63. The summed E-state index contributed by atoms with van der Waals surface area (Å²) in [6.45, 7) is -0.0415. The van der Waals surface area contributed by atoms with Gasteiger partial charge in [0.15, 0.2) is 0 Å². The number of aromatic nitrogens is 1. The Morgan fingerprint density at radius 1 is 1.67 bits per heavy atom. The Kier molecular flexibility index (Phi) is 3.70. The van der Waals surface area contributed by atoms with Gasteiger partial charge < -0.3 is 10.8 Å². The highest BCUT2D eigenvalue weighted by atomic mass is 79.9. The summed E-state index contributed by atoms with van der Waals surface area (Å²) in [6.07, 6.45) is -2.94. The Labute approximate surface area is 92.2 Å². The third kappa shape index (κ3) is 2.48. The first-order valence-corrected chi connectivity index (χ1v) is 4.67. The first-order valence-electron chi connectivity index (χ1n) is 3.88. The summed E-state index contributed by atoms with van der Waals surface area (Å²) in [4.78, 5) is 14.2. The Hall–Kier alpha value is -1.08. The maximum atomic E-state index is 12.5. The summed E-state index contributed by atoms with van der Waals surface area (Å²) < 4.78 is 25.2. The van der Waals surface area contributed by atoms with Gasteiger partial charge in [-0.2, -0.15) is 0 Å². The Morgan fingerprint density at radius 3 is 2.67 bits per heavy atom. The summed E-state index contributed by atoms with van der Waals surface area (Å²) in [5.74, 6) is -1.44. The molecule has 82 valence electrons. The highest BCUT2D eigenvalue weighted by Crippen LogP contribution is 2.25. The summed E-state index contributed by atoms with van der Waals surface area (Å²) in [5, 5.41) is 8.68. The van der Waals surface area contributed by atoms with Crippen molar-refractivity contribution in [3.8, 4) is 0 Å². The van der Waals surface area contributed by atoms with Crippen molar-refractivity contribution in [2.75, 3.05) is 0 Å². The molecule has 0 spiro atoms. The van der Waals surface area contributed by atoms with E-state index in [4.69, 9.17) is 10.8 Å². The molecule has 0 fully saturated rings. The topological polar surface area (TPSA) is 76.2 Å². The standard InChI is InChI=1S/C8H7BrF2N2O2/c9-4-1-3(8(14)15)6(7(10)11)13-5(4)2-12/h1,7H,2,12H2,(H,14,15). The maximum absolute atomic E-state index is 12.5. The minimum absolute atomic E-state index is 0.0415. The quantitative estimate of drug-likeness (QED) is 0.887. The predicted octanol–water partition coefficient (Wildman–Crippen LogP) is 1.94. The van der Waals surface area contributed by atoms with Crippen molar-refractivity contribution in [2.45, 2.75) is 13.0 Å². The zero-order valence-corrected chi connectivity index (χ0v) is 8.96. The highest BCUT2D eigenvalue weighted by molar-refractivity contribution is 9.10. The lowest BCUT2D eigenvalue weighted by molar-refractivity contribution is 0.0682. The number of nitrogens with two attached hydrogens (primary N) is 1. The molecule has 0 atom stereocenters. The number of pyridine rings is 1. The molecule has 0 unspecified atom stereocenters. The summed E-state index contributed by atoms with van der Waals surface area (Å²) in [5.41, 5.74) is 4.19. The molecule has 15 heavy (non-hydrogen) atoms. The molecule has 0 bridgehead atoms. The van der Waals surface area contributed by atoms with Gasteiger partial charge in [0, 0.05) is 11.0 Å². The summed E-state index contributed by atoms with van der Waals surface area (Å²) in [7, 11) is 0. The van der Waals surface area contributed by atoms with Crippen LogP contribution in [0.15, 0.2) is 10.5 Å². The first-order chi connectivity index (χ1) is 6.97. The lowest BCUT2D eigenvalue weighted by Crippen LogP contribution is -2.10. The van der Waals surface area contributed by atoms with E-state index < -0.39 is 23.7 Å². The van der Waals surface area contributed by atoms with Crippen LogP contribution in [-0.2, 0) is 6.54 Å². The van der Waals surface area contributed by atoms with Gasteiger partial charge in [0.25, 0.3) is 6.43 Å². The SMILES string of the molecule is NCc1nc(C(F)F)c(C(=O)O)cc1Br. The monoisotopic (exact) mass is 280 g/mol. The van der Waals surface area contributed by atoms with Gasteiger partial charge >= 0.3 is 5.97 Å². The second-order valence-corrected chi connectivity index (χ2v) is 3.51. The van der Waals surface area contributed by atoms with Crippen molar-refractivity contribution in [2.24, 2.45) is 5.73 Å². The van der Waals surface area contributed by atoms with Gasteiger partial charge in [0.2, 0.25) is 0 Å². The van der Waals surface area contributed by atoms with E-state index >= 15 is 0 Å². The van der Waals surface area contributed by atoms with Crippen molar-refractivity contribution in [1.29, 1.82) is 0 Å². The van der Waals surface area contributed by atoms with Gasteiger partial charge in [0.05, 0.1) is 11.3 Å². The molecule has 4 nitrogen and oxygen atoms in total. The average molecular weight is 281 g/mol. The van der Waals surface area contributed by atoms with Crippen LogP contribution < -0.4 is 5.73 Å². The minimum atomic E-state index is -2.94. The van der Waals surface area contributed by atoms with Gasteiger partial charge in [-0.15, -0.1) is 0 Å². The number of hydrogen-bond donors (Lipinski definition) is 2. The molecule has 0 aliphatic heterocycles. The fourth-order valence-electron chi connectivity index (χ4n) is 1.02. The normalized spacial score (nSPS) is 10.7. The predicted molar refractivity (Wildman–Crippen MR) is 51.7 cm³/mol. The van der Waals surface area contributed by atoms with Gasteiger partial charge in [-0.3, -0.25) is 0 Å². The molecule has 0 aliphatic rings. The number of hydrogen-bond acceptors (Lipinski definition) is 3. The van der Waals surface area contributed by atoms with E-state index in [-0.39, 0.29) is 12.2 Å². The zero-order chi connectivity index (χ0) is 11.6. The third-order valence-corrected chi connectivity index (χ3v) is 2.40. The van der Waals surface area contributed by atoms with Gasteiger partial charge in [-0.05, 0) is 22.0 Å². The van der Waals surface area contributed by atoms with Crippen molar-refractivity contribution >= 4 is 21.9 Å². The number of nitrogens with zero attached hydrogens (tertiary/aromatic N) is 1. The van der Waals surface area contributed by atoms with Crippen molar-refractivity contribution in [3.05, 3.63) is 27.5 Å². The molecule has 1 heterocycles. The van der Waals surface area contributed by atoms with E-state index in [0.29, 0.717) is 4.47 Å².